The van der Waals surface area contributed by atoms with Crippen molar-refractivity contribution < 1.29 is 5.11 Å². The van der Waals surface area contributed by atoms with E-state index in [9.17, 15) is 5.11 Å². The van der Waals surface area contributed by atoms with E-state index in [1.54, 1.807) is 0 Å². The van der Waals surface area contributed by atoms with Crippen LogP contribution in [0.1, 0.15) is 61.4 Å². The average Bonchev–Trinajstić information content (AvgIpc) is 3.18. The molecule has 3 rings (SSSR count). The minimum atomic E-state index is 0.0954. The Hall–Kier alpha value is -1.66. The van der Waals surface area contributed by atoms with Crippen LogP contribution in [-0.2, 0) is 13.1 Å². The van der Waals surface area contributed by atoms with Crippen LogP contribution < -0.4 is 0 Å². The summed E-state index contributed by atoms with van der Waals surface area (Å²) >= 11 is 0. The fourth-order valence-corrected chi connectivity index (χ4v) is 3.97. The van der Waals surface area contributed by atoms with Crippen LogP contribution in [0.3, 0.4) is 0 Å². The van der Waals surface area contributed by atoms with Gasteiger partial charge in [-0.2, -0.15) is 5.10 Å². The highest BCUT2D eigenvalue weighted by molar-refractivity contribution is 5.16. The van der Waals surface area contributed by atoms with Crippen LogP contribution >= 0.6 is 0 Å². The maximum Gasteiger partial charge on any atom is 0.112 e. The number of aryl methyl sites for hydroxylation is 2. The molecule has 1 aliphatic rings. The van der Waals surface area contributed by atoms with Crippen LogP contribution in [0.5, 0.6) is 0 Å². The van der Waals surface area contributed by atoms with Gasteiger partial charge in [0.1, 0.15) is 5.82 Å². The van der Waals surface area contributed by atoms with Crippen molar-refractivity contribution in [1.82, 2.24) is 24.2 Å². The van der Waals surface area contributed by atoms with Gasteiger partial charge < -0.3 is 9.67 Å². The molecule has 6 heteroatoms. The molecule has 6 nitrogen and oxygen atoms in total. The fraction of sp³-hybridized carbons (Fsp3) is 0.684. The first kappa shape index (κ1) is 18.1. The second-order valence-corrected chi connectivity index (χ2v) is 7.28. The van der Waals surface area contributed by atoms with Crippen LogP contribution in [-0.4, -0.2) is 49.0 Å². The number of rotatable bonds is 6. The van der Waals surface area contributed by atoms with Gasteiger partial charge in [-0.25, -0.2) is 4.98 Å². The minimum absolute atomic E-state index is 0.0954. The normalized spacial score (nSPS) is 18.0. The summed E-state index contributed by atoms with van der Waals surface area (Å²) in [6, 6.07) is 0.0954. The fourth-order valence-electron chi connectivity index (χ4n) is 3.97. The van der Waals surface area contributed by atoms with Gasteiger partial charge in [0, 0.05) is 42.2 Å². The standard InChI is InChI=1S/C19H31N5O/c1-5-23-16(4)18(11-21-23)12-22-8-6-17(7-9-22)19-20-10-14(2)24(19)15(3)13-25/h10-11,15,17,25H,5-9,12-13H2,1-4H3/t15-/m1/s1. The lowest BCUT2D eigenvalue weighted by atomic mass is 9.95. The van der Waals surface area contributed by atoms with E-state index in [-0.39, 0.29) is 12.6 Å². The van der Waals surface area contributed by atoms with Crippen LogP contribution in [0.15, 0.2) is 12.4 Å². The van der Waals surface area contributed by atoms with Gasteiger partial charge in [0.15, 0.2) is 0 Å². The van der Waals surface area contributed by atoms with E-state index in [4.69, 9.17) is 0 Å². The molecule has 0 unspecified atom stereocenters. The van der Waals surface area contributed by atoms with Gasteiger partial charge >= 0.3 is 0 Å². The molecular formula is C19H31N5O. The summed E-state index contributed by atoms with van der Waals surface area (Å²) < 4.78 is 4.29. The van der Waals surface area contributed by atoms with E-state index >= 15 is 0 Å². The lowest BCUT2D eigenvalue weighted by molar-refractivity contribution is 0.193. The first-order valence-electron chi connectivity index (χ1n) is 9.43. The van der Waals surface area contributed by atoms with Crippen molar-refractivity contribution in [3.63, 3.8) is 0 Å². The van der Waals surface area contributed by atoms with Crippen molar-refractivity contribution in [2.24, 2.45) is 0 Å². The highest BCUT2D eigenvalue weighted by Crippen LogP contribution is 2.30. The third kappa shape index (κ3) is 3.65. The van der Waals surface area contributed by atoms with Gasteiger partial charge in [-0.3, -0.25) is 9.58 Å². The molecule has 25 heavy (non-hydrogen) atoms. The number of imidazole rings is 1. The zero-order valence-corrected chi connectivity index (χ0v) is 15.9. The molecule has 0 radical (unpaired) electrons. The van der Waals surface area contributed by atoms with E-state index in [0.29, 0.717) is 5.92 Å². The maximum atomic E-state index is 9.54. The summed E-state index contributed by atoms with van der Waals surface area (Å²) in [5.74, 6) is 1.63. The third-order valence-corrected chi connectivity index (χ3v) is 5.57. The molecule has 1 N–H and O–H groups in total. The smallest absolute Gasteiger partial charge is 0.112 e. The van der Waals surface area contributed by atoms with Crippen LogP contribution in [0.25, 0.3) is 0 Å². The topological polar surface area (TPSA) is 59.1 Å². The molecule has 0 bridgehead atoms. The second kappa shape index (κ2) is 7.70. The summed E-state index contributed by atoms with van der Waals surface area (Å²) in [6.45, 7) is 12.7. The maximum absolute atomic E-state index is 9.54. The van der Waals surface area contributed by atoms with E-state index < -0.39 is 0 Å². The summed E-state index contributed by atoms with van der Waals surface area (Å²) in [5.41, 5.74) is 3.76. The number of aliphatic hydroxyl groups is 1. The van der Waals surface area contributed by atoms with Crippen molar-refractivity contribution in [2.45, 2.75) is 65.6 Å². The molecule has 138 valence electrons. The number of likely N-dealkylation sites (tertiary alicyclic amines) is 1. The molecule has 0 spiro atoms. The largest absolute Gasteiger partial charge is 0.394 e. The zero-order chi connectivity index (χ0) is 18.0. The van der Waals surface area contributed by atoms with Crippen molar-refractivity contribution in [3.05, 3.63) is 35.2 Å². The van der Waals surface area contributed by atoms with Gasteiger partial charge in [0.25, 0.3) is 0 Å². The Morgan fingerprint density at radius 1 is 1.24 bits per heavy atom. The zero-order valence-electron chi connectivity index (χ0n) is 15.9. The molecule has 0 amide bonds. The molecule has 2 aromatic heterocycles. The Morgan fingerprint density at radius 2 is 1.96 bits per heavy atom. The van der Waals surface area contributed by atoms with Crippen LogP contribution in [0.2, 0.25) is 0 Å². The average molecular weight is 345 g/mol. The quantitative estimate of drug-likeness (QED) is 0.874. The highest BCUT2D eigenvalue weighted by Gasteiger charge is 2.26. The number of nitrogens with zero attached hydrogens (tertiary/aromatic N) is 5. The Morgan fingerprint density at radius 3 is 2.56 bits per heavy atom. The number of hydrogen-bond donors (Lipinski definition) is 1. The van der Waals surface area contributed by atoms with Crippen molar-refractivity contribution in [1.29, 1.82) is 0 Å². The number of hydrogen-bond acceptors (Lipinski definition) is 4. The molecule has 2 aromatic rings. The molecule has 1 aliphatic heterocycles. The lowest BCUT2D eigenvalue weighted by Gasteiger charge is -2.32. The third-order valence-electron chi connectivity index (χ3n) is 5.57. The van der Waals surface area contributed by atoms with E-state index in [0.717, 1.165) is 50.5 Å². The summed E-state index contributed by atoms with van der Waals surface area (Å²) in [7, 11) is 0. The van der Waals surface area contributed by atoms with Gasteiger partial charge in [0.05, 0.1) is 18.8 Å². The van der Waals surface area contributed by atoms with Crippen LogP contribution in [0, 0.1) is 13.8 Å². The highest BCUT2D eigenvalue weighted by atomic mass is 16.3. The first-order valence-corrected chi connectivity index (χ1v) is 9.43. The first-order chi connectivity index (χ1) is 12.0. The molecular weight excluding hydrogens is 314 g/mol. The van der Waals surface area contributed by atoms with Gasteiger partial charge in [-0.15, -0.1) is 0 Å². The van der Waals surface area contributed by atoms with E-state index in [1.807, 2.05) is 12.4 Å². The molecule has 0 aliphatic carbocycles. The van der Waals surface area contributed by atoms with E-state index in [1.165, 1.54) is 11.3 Å². The van der Waals surface area contributed by atoms with Crippen molar-refractivity contribution >= 4 is 0 Å². The Bertz CT molecular complexity index is 697. The Kier molecular flexibility index (Phi) is 5.59. The summed E-state index contributed by atoms with van der Waals surface area (Å²) in [4.78, 5) is 7.19. The Balaban J connectivity index is 1.63. The number of aliphatic hydroxyl groups excluding tert-OH is 1. The molecule has 1 saturated heterocycles. The summed E-state index contributed by atoms with van der Waals surface area (Å²) in [6.07, 6.45) is 6.20. The van der Waals surface area contributed by atoms with Crippen molar-refractivity contribution in [2.75, 3.05) is 19.7 Å². The SMILES string of the molecule is CCn1ncc(CN2CCC(c3ncc(C)n3[C@H](C)CO)CC2)c1C. The van der Waals surface area contributed by atoms with Gasteiger partial charge in [0.2, 0.25) is 0 Å². The van der Waals surface area contributed by atoms with Crippen molar-refractivity contribution in [3.8, 4) is 0 Å². The van der Waals surface area contributed by atoms with Crippen LogP contribution in [0.4, 0.5) is 0 Å². The molecule has 0 aromatic carbocycles. The number of piperidine rings is 1. The predicted molar refractivity (Wildman–Crippen MR) is 98.7 cm³/mol. The van der Waals surface area contributed by atoms with Gasteiger partial charge in [-0.05, 0) is 53.6 Å². The second-order valence-electron chi connectivity index (χ2n) is 7.28. The molecule has 1 fully saturated rings. The summed E-state index contributed by atoms with van der Waals surface area (Å²) in [5, 5.41) is 14.0. The minimum Gasteiger partial charge on any atom is -0.394 e. The molecule has 1 atom stereocenters. The van der Waals surface area contributed by atoms with E-state index in [2.05, 4.69) is 51.9 Å². The predicted octanol–water partition coefficient (Wildman–Crippen LogP) is 2.65. The lowest BCUT2D eigenvalue weighted by Crippen LogP contribution is -2.33. The number of aromatic nitrogens is 4. The monoisotopic (exact) mass is 345 g/mol. The van der Waals surface area contributed by atoms with Gasteiger partial charge in [-0.1, -0.05) is 0 Å². The molecule has 3 heterocycles. The Labute approximate surface area is 150 Å². The molecule has 0 saturated carbocycles.